The van der Waals surface area contributed by atoms with E-state index in [1.807, 2.05) is 0 Å². The number of benzene rings is 2. The van der Waals surface area contributed by atoms with Crippen LogP contribution in [0.15, 0.2) is 47.4 Å². The maximum Gasteiger partial charge on any atom is 0.245 e. The van der Waals surface area contributed by atoms with Crippen LogP contribution >= 0.6 is 11.7 Å². The first-order valence-electron chi connectivity index (χ1n) is 9.15. The van der Waals surface area contributed by atoms with Crippen molar-refractivity contribution < 1.29 is 17.9 Å². The third kappa shape index (κ3) is 3.96. The summed E-state index contributed by atoms with van der Waals surface area (Å²) in [5.41, 5.74) is 1.55. The lowest BCUT2D eigenvalue weighted by Gasteiger charge is -2.31. The standard InChI is InChI=1S/C19H20N4O4S2/c1-27-15-7-2-6-14(11-15)20-19(24)13-5-4-10-23(12-13)29(25,26)17-9-3-8-16-18(17)22-28-21-16/h2-3,6-9,11,13H,4-5,10,12H2,1H3,(H,20,24)/t13-/m0/s1. The van der Waals surface area contributed by atoms with Crippen molar-refractivity contribution >= 4 is 44.4 Å². The lowest BCUT2D eigenvalue weighted by atomic mass is 9.98. The van der Waals surface area contributed by atoms with E-state index in [1.54, 1.807) is 49.6 Å². The molecule has 1 atom stereocenters. The Hall–Kier alpha value is -2.56. The Morgan fingerprint density at radius 1 is 1.24 bits per heavy atom. The maximum atomic E-state index is 13.2. The molecule has 3 aromatic rings. The van der Waals surface area contributed by atoms with Crippen LogP contribution in [-0.2, 0) is 14.8 Å². The maximum absolute atomic E-state index is 13.2. The number of carbonyl (C=O) groups is 1. The molecule has 1 aliphatic rings. The van der Waals surface area contributed by atoms with Gasteiger partial charge in [0.15, 0.2) is 0 Å². The number of nitrogens with one attached hydrogen (secondary N) is 1. The number of piperidine rings is 1. The van der Waals surface area contributed by atoms with Crippen molar-refractivity contribution in [3.63, 3.8) is 0 Å². The summed E-state index contributed by atoms with van der Waals surface area (Å²) in [5.74, 6) is 0.00444. The lowest BCUT2D eigenvalue weighted by molar-refractivity contribution is -0.120. The van der Waals surface area contributed by atoms with E-state index in [9.17, 15) is 13.2 Å². The Morgan fingerprint density at radius 3 is 2.90 bits per heavy atom. The first-order valence-corrected chi connectivity index (χ1v) is 11.3. The predicted molar refractivity (Wildman–Crippen MR) is 111 cm³/mol. The second-order valence-corrected chi connectivity index (χ2v) is 9.25. The van der Waals surface area contributed by atoms with Gasteiger partial charge >= 0.3 is 0 Å². The van der Waals surface area contributed by atoms with Crippen LogP contribution in [0.25, 0.3) is 11.0 Å². The van der Waals surface area contributed by atoms with Crippen LogP contribution < -0.4 is 10.1 Å². The quantitative estimate of drug-likeness (QED) is 0.665. The first-order chi connectivity index (χ1) is 14.0. The van der Waals surface area contributed by atoms with Gasteiger partial charge in [0.1, 0.15) is 21.7 Å². The zero-order valence-corrected chi connectivity index (χ0v) is 17.4. The monoisotopic (exact) mass is 432 g/mol. The molecule has 2 aromatic carbocycles. The SMILES string of the molecule is COc1cccc(NC(=O)[C@H]2CCCN(S(=O)(=O)c3cccc4nsnc34)C2)c1. The second-order valence-electron chi connectivity index (χ2n) is 6.81. The number of amides is 1. The molecular formula is C19H20N4O4S2. The highest BCUT2D eigenvalue weighted by Gasteiger charge is 2.34. The molecule has 1 aromatic heterocycles. The zero-order valence-electron chi connectivity index (χ0n) is 15.7. The summed E-state index contributed by atoms with van der Waals surface area (Å²) in [5, 5.41) is 2.86. The molecule has 1 N–H and O–H groups in total. The number of hydrogen-bond acceptors (Lipinski definition) is 7. The molecule has 1 aliphatic heterocycles. The summed E-state index contributed by atoms with van der Waals surface area (Å²) in [4.78, 5) is 12.9. The Labute approximate surface area is 172 Å². The third-order valence-corrected chi connectivity index (χ3v) is 7.40. The molecule has 1 fully saturated rings. The number of carbonyl (C=O) groups excluding carboxylic acids is 1. The molecule has 152 valence electrons. The molecule has 2 heterocycles. The molecule has 0 radical (unpaired) electrons. The number of fused-ring (bicyclic) bond motifs is 1. The fraction of sp³-hybridized carbons (Fsp3) is 0.316. The van der Waals surface area contributed by atoms with Crippen LogP contribution in [0.2, 0.25) is 0 Å². The van der Waals surface area contributed by atoms with Crippen molar-refractivity contribution in [2.24, 2.45) is 5.92 Å². The fourth-order valence-corrected chi connectivity index (χ4v) is 5.72. The van der Waals surface area contributed by atoms with Crippen LogP contribution in [0.5, 0.6) is 5.75 Å². The molecule has 0 bridgehead atoms. The summed E-state index contributed by atoms with van der Waals surface area (Å²) < 4.78 is 41.2. The Bertz CT molecular complexity index is 1150. The number of aromatic nitrogens is 2. The molecule has 8 nitrogen and oxygen atoms in total. The van der Waals surface area contributed by atoms with Gasteiger partial charge in [-0.25, -0.2) is 8.42 Å². The number of nitrogens with zero attached hydrogens (tertiary/aromatic N) is 3. The van der Waals surface area contributed by atoms with Crippen molar-refractivity contribution in [2.45, 2.75) is 17.7 Å². The molecule has 0 aliphatic carbocycles. The van der Waals surface area contributed by atoms with Gasteiger partial charge in [-0.2, -0.15) is 13.1 Å². The summed E-state index contributed by atoms with van der Waals surface area (Å²) >= 11 is 0.982. The molecule has 0 saturated carbocycles. The van der Waals surface area contributed by atoms with Gasteiger partial charge in [0.2, 0.25) is 15.9 Å². The normalized spacial score (nSPS) is 17.9. The summed E-state index contributed by atoms with van der Waals surface area (Å²) in [6.07, 6.45) is 1.24. The zero-order chi connectivity index (χ0) is 20.4. The lowest BCUT2D eigenvalue weighted by Crippen LogP contribution is -2.43. The van der Waals surface area contributed by atoms with E-state index in [0.29, 0.717) is 41.9 Å². The van der Waals surface area contributed by atoms with Crippen LogP contribution in [0, 0.1) is 5.92 Å². The predicted octanol–water partition coefficient (Wildman–Crippen LogP) is 2.74. The minimum absolute atomic E-state index is 0.131. The van der Waals surface area contributed by atoms with E-state index in [1.165, 1.54) is 4.31 Å². The smallest absolute Gasteiger partial charge is 0.245 e. The Kier molecular flexibility index (Phi) is 5.48. The Morgan fingerprint density at radius 2 is 2.07 bits per heavy atom. The average molecular weight is 433 g/mol. The van der Waals surface area contributed by atoms with Crippen molar-refractivity contribution in [2.75, 3.05) is 25.5 Å². The number of methoxy groups -OCH3 is 1. The topological polar surface area (TPSA) is 101 Å². The van der Waals surface area contributed by atoms with Gasteiger partial charge in [-0.3, -0.25) is 4.79 Å². The highest BCUT2D eigenvalue weighted by molar-refractivity contribution is 7.89. The van der Waals surface area contributed by atoms with Gasteiger partial charge in [-0.05, 0) is 37.1 Å². The number of anilines is 1. The van der Waals surface area contributed by atoms with Gasteiger partial charge in [-0.1, -0.05) is 12.1 Å². The van der Waals surface area contributed by atoms with Gasteiger partial charge in [-0.15, -0.1) is 0 Å². The van der Waals surface area contributed by atoms with Crippen LogP contribution in [-0.4, -0.2) is 47.6 Å². The van der Waals surface area contributed by atoms with Crippen molar-refractivity contribution in [1.29, 1.82) is 0 Å². The summed E-state index contributed by atoms with van der Waals surface area (Å²) in [6.45, 7) is 0.505. The van der Waals surface area contributed by atoms with E-state index in [2.05, 4.69) is 14.1 Å². The molecule has 1 amide bonds. The first kappa shape index (κ1) is 19.7. The highest BCUT2D eigenvalue weighted by Crippen LogP contribution is 2.28. The summed E-state index contributed by atoms with van der Waals surface area (Å²) in [6, 6.07) is 12.0. The molecular weight excluding hydrogens is 412 g/mol. The molecule has 4 rings (SSSR count). The van der Waals surface area contributed by atoms with Crippen LogP contribution in [0.1, 0.15) is 12.8 Å². The average Bonchev–Trinajstić information content (AvgIpc) is 3.22. The third-order valence-electron chi connectivity index (χ3n) is 4.96. The van der Waals surface area contributed by atoms with Gasteiger partial charge in [0, 0.05) is 24.8 Å². The van der Waals surface area contributed by atoms with Crippen LogP contribution in [0.3, 0.4) is 0 Å². The highest BCUT2D eigenvalue weighted by atomic mass is 32.2. The Balaban J connectivity index is 1.53. The second kappa shape index (κ2) is 8.05. The summed E-state index contributed by atoms with van der Waals surface area (Å²) in [7, 11) is -2.21. The van der Waals surface area contributed by atoms with Crippen molar-refractivity contribution in [1.82, 2.24) is 13.1 Å². The molecule has 29 heavy (non-hydrogen) atoms. The molecule has 0 unspecified atom stereocenters. The van der Waals surface area contributed by atoms with Crippen molar-refractivity contribution in [3.8, 4) is 5.75 Å². The van der Waals surface area contributed by atoms with Crippen molar-refractivity contribution in [3.05, 3.63) is 42.5 Å². The minimum Gasteiger partial charge on any atom is -0.497 e. The van der Waals surface area contributed by atoms with E-state index in [-0.39, 0.29) is 17.3 Å². The van der Waals surface area contributed by atoms with Gasteiger partial charge in [0.05, 0.1) is 24.8 Å². The molecule has 1 saturated heterocycles. The van der Waals surface area contributed by atoms with Crippen LogP contribution in [0.4, 0.5) is 5.69 Å². The van der Waals surface area contributed by atoms with Gasteiger partial charge in [0.25, 0.3) is 0 Å². The largest absolute Gasteiger partial charge is 0.497 e. The van der Waals surface area contributed by atoms with Gasteiger partial charge < -0.3 is 10.1 Å². The number of sulfonamides is 1. The molecule has 10 heteroatoms. The van der Waals surface area contributed by atoms with E-state index in [0.717, 1.165) is 11.7 Å². The van der Waals surface area contributed by atoms with E-state index in [4.69, 9.17) is 4.74 Å². The van der Waals surface area contributed by atoms with E-state index >= 15 is 0 Å². The number of hydrogen-bond donors (Lipinski definition) is 1. The number of rotatable bonds is 5. The minimum atomic E-state index is -3.77. The van der Waals surface area contributed by atoms with E-state index < -0.39 is 15.9 Å². The molecule has 0 spiro atoms. The number of ether oxygens (including phenoxy) is 1. The fourth-order valence-electron chi connectivity index (χ4n) is 3.45.